The lowest BCUT2D eigenvalue weighted by Crippen LogP contribution is -2.26. The van der Waals surface area contributed by atoms with E-state index in [0.717, 1.165) is 21.1 Å². The number of aryl methyl sites for hydroxylation is 2. The van der Waals surface area contributed by atoms with Crippen LogP contribution >= 0.6 is 22.7 Å². The first-order valence-electron chi connectivity index (χ1n) is 8.91. The number of benzene rings is 1. The normalized spacial score (nSPS) is 10.9. The van der Waals surface area contributed by atoms with E-state index in [1.165, 1.54) is 16.9 Å². The van der Waals surface area contributed by atoms with Crippen molar-refractivity contribution in [3.05, 3.63) is 69.9 Å². The maximum Gasteiger partial charge on any atom is 0.273 e. The molecule has 0 saturated heterocycles. The van der Waals surface area contributed by atoms with Crippen molar-refractivity contribution >= 4 is 28.6 Å². The van der Waals surface area contributed by atoms with Gasteiger partial charge in [-0.2, -0.15) is 0 Å². The van der Waals surface area contributed by atoms with Crippen LogP contribution in [0.5, 0.6) is 0 Å². The molecule has 0 radical (unpaired) electrons. The average molecular weight is 410 g/mol. The van der Waals surface area contributed by atoms with Crippen LogP contribution in [0.4, 0.5) is 0 Å². The van der Waals surface area contributed by atoms with E-state index in [-0.39, 0.29) is 5.91 Å². The second-order valence-corrected chi connectivity index (χ2v) is 8.22. The minimum Gasteiger partial charge on any atom is -0.440 e. The second kappa shape index (κ2) is 8.08. The third-order valence-electron chi connectivity index (χ3n) is 4.26. The molecule has 0 aliphatic heterocycles. The highest BCUT2D eigenvalue weighted by Gasteiger charge is 2.18. The molecule has 5 nitrogen and oxygen atoms in total. The van der Waals surface area contributed by atoms with Crippen LogP contribution in [0.15, 0.2) is 51.6 Å². The number of nitrogens with one attached hydrogen (secondary N) is 1. The first-order valence-corrected chi connectivity index (χ1v) is 10.7. The van der Waals surface area contributed by atoms with Gasteiger partial charge in [0.05, 0.1) is 10.6 Å². The summed E-state index contributed by atoms with van der Waals surface area (Å²) in [6.07, 6.45) is 0.669. The highest BCUT2D eigenvalue weighted by molar-refractivity contribution is 7.13. The zero-order chi connectivity index (χ0) is 19.5. The quantitative estimate of drug-likeness (QED) is 0.480. The molecule has 142 valence electrons. The molecule has 4 aromatic rings. The molecular formula is C21H19N3O2S2. The van der Waals surface area contributed by atoms with Gasteiger partial charge in [-0.3, -0.25) is 4.79 Å². The van der Waals surface area contributed by atoms with Gasteiger partial charge < -0.3 is 9.73 Å². The second-order valence-electron chi connectivity index (χ2n) is 6.42. The Hall–Kier alpha value is -2.77. The maximum absolute atomic E-state index is 12.4. The predicted molar refractivity (Wildman–Crippen MR) is 113 cm³/mol. The molecule has 4 rings (SSSR count). The summed E-state index contributed by atoms with van der Waals surface area (Å²) in [5.41, 5.74) is 3.65. The molecule has 0 atom stereocenters. The van der Waals surface area contributed by atoms with E-state index >= 15 is 0 Å². The highest BCUT2D eigenvalue weighted by atomic mass is 32.1. The molecule has 0 aliphatic carbocycles. The lowest BCUT2D eigenvalue weighted by atomic mass is 10.2. The monoisotopic (exact) mass is 409 g/mol. The number of carbonyl (C=O) groups excluding carboxylic acids is 1. The van der Waals surface area contributed by atoms with Crippen molar-refractivity contribution < 1.29 is 9.21 Å². The number of carbonyl (C=O) groups is 1. The summed E-state index contributed by atoms with van der Waals surface area (Å²) in [5, 5.41) is 7.90. The van der Waals surface area contributed by atoms with Gasteiger partial charge in [0.15, 0.2) is 5.69 Å². The third-order valence-corrected chi connectivity index (χ3v) is 6.06. The summed E-state index contributed by atoms with van der Waals surface area (Å²) in [5.74, 6) is 0.786. The summed E-state index contributed by atoms with van der Waals surface area (Å²) in [4.78, 5) is 22.4. The summed E-state index contributed by atoms with van der Waals surface area (Å²) in [7, 11) is 0. The first-order chi connectivity index (χ1) is 13.6. The van der Waals surface area contributed by atoms with E-state index in [1.54, 1.807) is 18.3 Å². The third kappa shape index (κ3) is 4.05. The van der Waals surface area contributed by atoms with Crippen molar-refractivity contribution in [2.45, 2.75) is 20.3 Å². The summed E-state index contributed by atoms with van der Waals surface area (Å²) in [6.45, 7) is 4.32. The highest BCUT2D eigenvalue weighted by Crippen LogP contribution is 2.26. The topological polar surface area (TPSA) is 68.0 Å². The number of oxazole rings is 1. The van der Waals surface area contributed by atoms with Crippen LogP contribution in [-0.4, -0.2) is 22.4 Å². The first kappa shape index (κ1) is 18.6. The molecule has 0 saturated carbocycles. The molecule has 0 fully saturated rings. The van der Waals surface area contributed by atoms with Crippen molar-refractivity contribution in [1.82, 2.24) is 15.3 Å². The fourth-order valence-electron chi connectivity index (χ4n) is 2.75. The van der Waals surface area contributed by atoms with Gasteiger partial charge in [-0.1, -0.05) is 35.9 Å². The van der Waals surface area contributed by atoms with E-state index in [4.69, 9.17) is 4.42 Å². The van der Waals surface area contributed by atoms with Crippen LogP contribution in [0, 0.1) is 13.8 Å². The Morgan fingerprint density at radius 3 is 2.68 bits per heavy atom. The molecular weight excluding hydrogens is 390 g/mol. The maximum atomic E-state index is 12.4. The Bertz CT molecular complexity index is 1080. The lowest BCUT2D eigenvalue weighted by molar-refractivity contribution is 0.0948. The minimum atomic E-state index is -0.224. The Balaban J connectivity index is 1.35. The zero-order valence-electron chi connectivity index (χ0n) is 15.6. The predicted octanol–water partition coefficient (Wildman–Crippen LogP) is 5.12. The van der Waals surface area contributed by atoms with Crippen LogP contribution in [0.2, 0.25) is 0 Å². The van der Waals surface area contributed by atoms with Crippen molar-refractivity contribution in [3.63, 3.8) is 0 Å². The van der Waals surface area contributed by atoms with E-state index in [9.17, 15) is 4.79 Å². The van der Waals surface area contributed by atoms with Gasteiger partial charge in [0.1, 0.15) is 10.8 Å². The number of hydrogen-bond donors (Lipinski definition) is 1. The average Bonchev–Trinajstić information content (AvgIpc) is 3.43. The largest absolute Gasteiger partial charge is 0.440 e. The van der Waals surface area contributed by atoms with Crippen LogP contribution in [0.3, 0.4) is 0 Å². The van der Waals surface area contributed by atoms with Crippen molar-refractivity contribution in [2.24, 2.45) is 0 Å². The number of amides is 1. The molecule has 3 heterocycles. The molecule has 1 amide bonds. The van der Waals surface area contributed by atoms with Crippen LogP contribution < -0.4 is 5.32 Å². The molecule has 0 aliphatic rings. The molecule has 3 aromatic heterocycles. The van der Waals surface area contributed by atoms with Crippen molar-refractivity contribution in [2.75, 3.05) is 6.54 Å². The number of thiazole rings is 1. The number of rotatable bonds is 6. The van der Waals surface area contributed by atoms with Crippen LogP contribution in [0.25, 0.3) is 21.3 Å². The smallest absolute Gasteiger partial charge is 0.273 e. The van der Waals surface area contributed by atoms with Gasteiger partial charge >= 0.3 is 0 Å². The van der Waals surface area contributed by atoms with Crippen molar-refractivity contribution in [3.8, 4) is 21.3 Å². The number of aromatic nitrogens is 2. The molecule has 28 heavy (non-hydrogen) atoms. The van der Waals surface area contributed by atoms with Crippen LogP contribution in [-0.2, 0) is 6.42 Å². The van der Waals surface area contributed by atoms with Gasteiger partial charge in [0, 0.05) is 23.9 Å². The van der Waals surface area contributed by atoms with E-state index < -0.39 is 0 Å². The van der Waals surface area contributed by atoms with Gasteiger partial charge in [-0.25, -0.2) is 9.97 Å². The summed E-state index contributed by atoms with van der Waals surface area (Å²) >= 11 is 3.15. The number of hydrogen-bond acceptors (Lipinski definition) is 6. The lowest BCUT2D eigenvalue weighted by Gasteiger charge is -2.01. The molecule has 1 N–H and O–H groups in total. The van der Waals surface area contributed by atoms with Crippen molar-refractivity contribution in [1.29, 1.82) is 0 Å². The van der Waals surface area contributed by atoms with Gasteiger partial charge in [0.2, 0.25) is 5.89 Å². The van der Waals surface area contributed by atoms with Gasteiger partial charge in [-0.15, -0.1) is 22.7 Å². The minimum absolute atomic E-state index is 0.224. The number of thiophene rings is 1. The fourth-order valence-corrected chi connectivity index (χ4v) is 4.26. The van der Waals surface area contributed by atoms with E-state index in [0.29, 0.717) is 30.3 Å². The summed E-state index contributed by atoms with van der Waals surface area (Å²) in [6, 6.07) is 12.2. The molecule has 1 aromatic carbocycles. The SMILES string of the molecule is Cc1ccc(-c2nc(CCNC(=O)c3nc(-c4cccs4)oc3C)cs2)cc1. The number of nitrogens with zero attached hydrogens (tertiary/aromatic N) is 2. The molecule has 0 spiro atoms. The van der Waals surface area contributed by atoms with E-state index in [2.05, 4.69) is 46.5 Å². The van der Waals surface area contributed by atoms with Gasteiger partial charge in [0.25, 0.3) is 5.91 Å². The Morgan fingerprint density at radius 1 is 1.11 bits per heavy atom. The summed E-state index contributed by atoms with van der Waals surface area (Å²) < 4.78 is 5.63. The fraction of sp³-hybridized carbons (Fsp3) is 0.190. The Kier molecular flexibility index (Phi) is 5.36. The van der Waals surface area contributed by atoms with E-state index in [1.807, 2.05) is 22.9 Å². The Morgan fingerprint density at radius 2 is 1.93 bits per heavy atom. The zero-order valence-corrected chi connectivity index (χ0v) is 17.2. The van der Waals surface area contributed by atoms with Gasteiger partial charge in [-0.05, 0) is 25.3 Å². The molecule has 0 bridgehead atoms. The Labute approximate surface area is 171 Å². The molecule has 0 unspecified atom stereocenters. The van der Waals surface area contributed by atoms with Crippen LogP contribution in [0.1, 0.15) is 27.5 Å². The standard InChI is InChI=1S/C21H19N3O2S2/c1-13-5-7-15(8-6-13)21-23-16(12-28-21)9-10-22-19(25)18-14(2)26-20(24-18)17-4-3-11-27-17/h3-8,11-12H,9-10H2,1-2H3,(H,22,25). The molecule has 7 heteroatoms.